The van der Waals surface area contributed by atoms with Crippen LogP contribution in [0.15, 0.2) is 0 Å². The van der Waals surface area contributed by atoms with Crippen molar-refractivity contribution in [3.63, 3.8) is 0 Å². The van der Waals surface area contributed by atoms with E-state index in [2.05, 4.69) is 9.80 Å². The van der Waals surface area contributed by atoms with Crippen LogP contribution in [0.4, 0.5) is 0 Å². The van der Waals surface area contributed by atoms with E-state index in [1.54, 1.807) is 6.92 Å². The zero-order valence-corrected chi connectivity index (χ0v) is 13.5. The van der Waals surface area contributed by atoms with Gasteiger partial charge in [0.1, 0.15) is 5.78 Å². The van der Waals surface area contributed by atoms with Gasteiger partial charge in [-0.25, -0.2) is 0 Å². The second-order valence-electron chi connectivity index (χ2n) is 6.47. The van der Waals surface area contributed by atoms with Crippen LogP contribution in [0.3, 0.4) is 0 Å². The van der Waals surface area contributed by atoms with Gasteiger partial charge in [-0.05, 0) is 33.9 Å². The zero-order chi connectivity index (χ0) is 15.4. The Morgan fingerprint density at radius 3 is 2.52 bits per heavy atom. The Balaban J connectivity index is 1.99. The Morgan fingerprint density at radius 1 is 1.14 bits per heavy atom. The Morgan fingerprint density at radius 2 is 1.86 bits per heavy atom. The lowest BCUT2D eigenvalue weighted by molar-refractivity contribution is -0.131. The molecule has 0 aromatic heterocycles. The van der Waals surface area contributed by atoms with Crippen molar-refractivity contribution in [3.8, 4) is 0 Å². The van der Waals surface area contributed by atoms with Gasteiger partial charge in [0.15, 0.2) is 5.78 Å². The molecule has 0 N–H and O–H groups in total. The van der Waals surface area contributed by atoms with Gasteiger partial charge >= 0.3 is 0 Å². The molecule has 2 aliphatic rings. The molecular weight excluding hydrogens is 268 g/mol. The van der Waals surface area contributed by atoms with Gasteiger partial charge in [0.05, 0.1) is 25.3 Å². The fraction of sp³-hybridized carbons (Fsp3) is 0.875. The Hall–Kier alpha value is -0.780. The van der Waals surface area contributed by atoms with E-state index in [0.717, 1.165) is 32.2 Å². The fourth-order valence-electron chi connectivity index (χ4n) is 3.51. The molecule has 21 heavy (non-hydrogen) atoms. The molecule has 0 radical (unpaired) electrons. The SMILES string of the molecule is CC(=O)[C@@H]1CCCCC(CC(=O)[C@@H]2COCCN2C)N1C. The van der Waals surface area contributed by atoms with Gasteiger partial charge in [-0.1, -0.05) is 12.8 Å². The van der Waals surface area contributed by atoms with Gasteiger partial charge in [0, 0.05) is 19.0 Å². The van der Waals surface area contributed by atoms with Crippen molar-refractivity contribution in [3.05, 3.63) is 0 Å². The first kappa shape index (κ1) is 16.6. The molecule has 5 nitrogen and oxygen atoms in total. The topological polar surface area (TPSA) is 49.9 Å². The predicted octanol–water partition coefficient (Wildman–Crippen LogP) is 1.11. The lowest BCUT2D eigenvalue weighted by Gasteiger charge is -2.35. The lowest BCUT2D eigenvalue weighted by atomic mass is 9.99. The average molecular weight is 296 g/mol. The summed E-state index contributed by atoms with van der Waals surface area (Å²) in [6.07, 6.45) is 4.62. The lowest BCUT2D eigenvalue weighted by Crippen LogP contribution is -2.50. The monoisotopic (exact) mass is 296 g/mol. The van der Waals surface area contributed by atoms with Crippen molar-refractivity contribution in [2.75, 3.05) is 33.9 Å². The van der Waals surface area contributed by atoms with Crippen molar-refractivity contribution in [2.45, 2.75) is 57.2 Å². The Labute approximate surface area is 127 Å². The zero-order valence-electron chi connectivity index (χ0n) is 13.5. The van der Waals surface area contributed by atoms with E-state index < -0.39 is 0 Å². The number of carbonyl (C=O) groups excluding carboxylic acids is 2. The number of ketones is 2. The van der Waals surface area contributed by atoms with Crippen molar-refractivity contribution < 1.29 is 14.3 Å². The highest BCUT2D eigenvalue weighted by Gasteiger charge is 2.33. The van der Waals surface area contributed by atoms with Crippen LogP contribution in [-0.4, -0.2) is 73.3 Å². The summed E-state index contributed by atoms with van der Waals surface area (Å²) in [6, 6.07) is 0.0426. The van der Waals surface area contributed by atoms with Crippen molar-refractivity contribution in [1.82, 2.24) is 9.80 Å². The maximum atomic E-state index is 12.6. The summed E-state index contributed by atoms with van der Waals surface area (Å²) in [4.78, 5) is 28.6. The molecule has 0 saturated carbocycles. The van der Waals surface area contributed by atoms with Gasteiger partial charge in [0.25, 0.3) is 0 Å². The molecule has 2 saturated heterocycles. The molecule has 0 bridgehead atoms. The minimum atomic E-state index is -0.119. The molecule has 2 aliphatic heterocycles. The van der Waals surface area contributed by atoms with Gasteiger partial charge in [0.2, 0.25) is 0 Å². The third-order valence-corrected chi connectivity index (χ3v) is 5.01. The van der Waals surface area contributed by atoms with E-state index in [1.807, 2.05) is 14.1 Å². The average Bonchev–Trinajstić information content (AvgIpc) is 2.62. The molecule has 0 spiro atoms. The maximum absolute atomic E-state index is 12.6. The minimum absolute atomic E-state index is 0.0226. The van der Waals surface area contributed by atoms with E-state index in [4.69, 9.17) is 4.74 Å². The molecule has 120 valence electrons. The van der Waals surface area contributed by atoms with Crippen molar-refractivity contribution >= 4 is 11.6 Å². The van der Waals surface area contributed by atoms with E-state index in [1.165, 1.54) is 0 Å². The predicted molar refractivity (Wildman–Crippen MR) is 81.3 cm³/mol. The van der Waals surface area contributed by atoms with Crippen LogP contribution in [-0.2, 0) is 14.3 Å². The molecule has 2 fully saturated rings. The molecular formula is C16H28N2O3. The molecule has 1 unspecified atom stereocenters. The first-order chi connectivity index (χ1) is 10.0. The smallest absolute Gasteiger partial charge is 0.153 e. The fourth-order valence-corrected chi connectivity index (χ4v) is 3.51. The standard InChI is InChI=1S/C16H28N2O3/c1-12(19)14-7-5-4-6-13(18(14)3)10-16(20)15-11-21-9-8-17(15)2/h13-15H,4-11H2,1-3H3/t13?,14-,15-/m0/s1. The summed E-state index contributed by atoms with van der Waals surface area (Å²) < 4.78 is 5.44. The second-order valence-corrected chi connectivity index (χ2v) is 6.47. The summed E-state index contributed by atoms with van der Waals surface area (Å²) in [5, 5.41) is 0. The summed E-state index contributed by atoms with van der Waals surface area (Å²) >= 11 is 0. The van der Waals surface area contributed by atoms with E-state index in [-0.39, 0.29) is 29.7 Å². The highest BCUT2D eigenvalue weighted by atomic mass is 16.5. The van der Waals surface area contributed by atoms with Gasteiger partial charge in [-0.3, -0.25) is 19.4 Å². The number of carbonyl (C=O) groups is 2. The first-order valence-corrected chi connectivity index (χ1v) is 8.03. The molecule has 0 aliphatic carbocycles. The number of ether oxygens (including phenoxy) is 1. The summed E-state index contributed by atoms with van der Waals surface area (Å²) in [7, 11) is 3.98. The Kier molecular flexibility index (Phi) is 5.90. The quantitative estimate of drug-likeness (QED) is 0.778. The normalized spacial score (nSPS) is 32.6. The molecule has 3 atom stereocenters. The van der Waals surface area contributed by atoms with Gasteiger partial charge in [-0.2, -0.15) is 0 Å². The summed E-state index contributed by atoms with van der Waals surface area (Å²) in [5.41, 5.74) is 0. The van der Waals surface area contributed by atoms with Crippen LogP contribution < -0.4 is 0 Å². The number of nitrogens with zero attached hydrogens (tertiary/aromatic N) is 2. The third kappa shape index (κ3) is 4.11. The van der Waals surface area contributed by atoms with Gasteiger partial charge < -0.3 is 4.74 Å². The van der Waals surface area contributed by atoms with Crippen LogP contribution >= 0.6 is 0 Å². The van der Waals surface area contributed by atoms with E-state index in [0.29, 0.717) is 19.6 Å². The van der Waals surface area contributed by atoms with Crippen molar-refractivity contribution in [2.24, 2.45) is 0 Å². The molecule has 5 heteroatoms. The highest BCUT2D eigenvalue weighted by Crippen LogP contribution is 2.24. The number of hydrogen-bond acceptors (Lipinski definition) is 5. The first-order valence-electron chi connectivity index (χ1n) is 8.03. The molecule has 0 aromatic rings. The van der Waals surface area contributed by atoms with Crippen molar-refractivity contribution in [1.29, 1.82) is 0 Å². The van der Waals surface area contributed by atoms with Crippen LogP contribution in [0, 0.1) is 0 Å². The molecule has 2 heterocycles. The van der Waals surface area contributed by atoms with Crippen LogP contribution in [0.25, 0.3) is 0 Å². The number of likely N-dealkylation sites (tertiary alicyclic amines) is 1. The third-order valence-electron chi connectivity index (χ3n) is 5.01. The molecule has 2 rings (SSSR count). The highest BCUT2D eigenvalue weighted by molar-refractivity contribution is 5.85. The largest absolute Gasteiger partial charge is 0.378 e. The van der Waals surface area contributed by atoms with E-state index >= 15 is 0 Å². The summed E-state index contributed by atoms with van der Waals surface area (Å²) in [5.74, 6) is 0.466. The summed E-state index contributed by atoms with van der Waals surface area (Å²) in [6.45, 7) is 3.68. The number of rotatable bonds is 4. The van der Waals surface area contributed by atoms with Crippen LogP contribution in [0.5, 0.6) is 0 Å². The molecule has 0 aromatic carbocycles. The number of Topliss-reactive ketones (excluding diaryl/α,β-unsaturated/α-hetero) is 2. The van der Waals surface area contributed by atoms with E-state index in [9.17, 15) is 9.59 Å². The number of likely N-dealkylation sites (N-methyl/N-ethyl adjacent to an activating group) is 2. The minimum Gasteiger partial charge on any atom is -0.378 e. The van der Waals surface area contributed by atoms with Crippen LogP contribution in [0.1, 0.15) is 39.0 Å². The number of hydrogen-bond donors (Lipinski definition) is 0. The molecule has 0 amide bonds. The number of morpholine rings is 1. The van der Waals surface area contributed by atoms with Crippen LogP contribution in [0.2, 0.25) is 0 Å². The Bertz CT molecular complexity index is 386. The maximum Gasteiger partial charge on any atom is 0.153 e. The second kappa shape index (κ2) is 7.47. The van der Waals surface area contributed by atoms with Gasteiger partial charge in [-0.15, -0.1) is 0 Å².